The van der Waals surface area contributed by atoms with Gasteiger partial charge >= 0.3 is 5.97 Å². The number of rotatable bonds is 2. The fraction of sp³-hybridized carbons (Fsp3) is 0.636. The van der Waals surface area contributed by atoms with Gasteiger partial charge in [0.15, 0.2) is 0 Å². The summed E-state index contributed by atoms with van der Waals surface area (Å²) < 4.78 is 0. The summed E-state index contributed by atoms with van der Waals surface area (Å²) in [6, 6.07) is 0.215. The Kier molecular flexibility index (Phi) is 3.88. The molecule has 1 amide bonds. The number of likely N-dealkylation sites (tertiary alicyclic amines) is 1. The van der Waals surface area contributed by atoms with E-state index in [-0.39, 0.29) is 11.9 Å². The van der Waals surface area contributed by atoms with Gasteiger partial charge in [0.05, 0.1) is 0 Å². The highest BCUT2D eigenvalue weighted by Gasteiger charge is 2.25. The molecule has 1 rings (SSSR count). The highest BCUT2D eigenvalue weighted by molar-refractivity contribution is 5.94. The molecular weight excluding hydrogens is 194 g/mol. The van der Waals surface area contributed by atoms with E-state index in [1.165, 1.54) is 0 Å². The van der Waals surface area contributed by atoms with Crippen molar-refractivity contribution in [1.82, 2.24) is 4.90 Å². The molecule has 0 radical (unpaired) electrons. The lowest BCUT2D eigenvalue weighted by Crippen LogP contribution is -2.44. The molecule has 15 heavy (non-hydrogen) atoms. The van der Waals surface area contributed by atoms with Gasteiger partial charge in [0.1, 0.15) is 0 Å². The molecule has 84 valence electrons. The van der Waals surface area contributed by atoms with Crippen LogP contribution >= 0.6 is 0 Å². The zero-order chi connectivity index (χ0) is 11.4. The predicted molar refractivity (Wildman–Crippen MR) is 56.3 cm³/mol. The van der Waals surface area contributed by atoms with E-state index in [1.807, 2.05) is 6.92 Å². The Hall–Kier alpha value is -1.32. The van der Waals surface area contributed by atoms with Gasteiger partial charge in [-0.3, -0.25) is 4.79 Å². The number of carboxylic acid groups (broad SMARTS) is 1. The lowest BCUT2D eigenvalue weighted by molar-refractivity contribution is -0.133. The fourth-order valence-corrected chi connectivity index (χ4v) is 1.83. The van der Waals surface area contributed by atoms with E-state index in [2.05, 4.69) is 6.92 Å². The van der Waals surface area contributed by atoms with Crippen LogP contribution in [0.25, 0.3) is 0 Å². The third-order valence-corrected chi connectivity index (χ3v) is 2.77. The lowest BCUT2D eigenvalue weighted by atomic mass is 9.95. The second-order valence-electron chi connectivity index (χ2n) is 4.19. The summed E-state index contributed by atoms with van der Waals surface area (Å²) in [5.74, 6) is -0.777. The average molecular weight is 211 g/mol. The standard InChI is InChI=1S/C11H17NO3/c1-8-3-4-9(2)12(7-8)10(13)5-6-11(14)15/h5-6,8-9H,3-4,7H2,1-2H3,(H,14,15)/b6-5-. The summed E-state index contributed by atoms with van der Waals surface area (Å²) in [7, 11) is 0. The van der Waals surface area contributed by atoms with Gasteiger partial charge in [-0.25, -0.2) is 4.79 Å². The van der Waals surface area contributed by atoms with Crippen molar-refractivity contribution in [3.8, 4) is 0 Å². The number of hydrogen-bond donors (Lipinski definition) is 1. The van der Waals surface area contributed by atoms with E-state index in [1.54, 1.807) is 4.90 Å². The van der Waals surface area contributed by atoms with Crippen molar-refractivity contribution in [3.05, 3.63) is 12.2 Å². The van der Waals surface area contributed by atoms with Crippen LogP contribution in [-0.2, 0) is 9.59 Å². The van der Waals surface area contributed by atoms with Crippen molar-refractivity contribution in [2.24, 2.45) is 5.92 Å². The third-order valence-electron chi connectivity index (χ3n) is 2.77. The lowest BCUT2D eigenvalue weighted by Gasteiger charge is -2.36. The molecule has 1 aliphatic rings. The minimum atomic E-state index is -1.08. The molecule has 0 spiro atoms. The number of nitrogens with zero attached hydrogens (tertiary/aromatic N) is 1. The maximum Gasteiger partial charge on any atom is 0.328 e. The largest absolute Gasteiger partial charge is 0.478 e. The van der Waals surface area contributed by atoms with E-state index in [9.17, 15) is 9.59 Å². The number of amides is 1. The first-order chi connectivity index (χ1) is 7.00. The zero-order valence-electron chi connectivity index (χ0n) is 9.14. The van der Waals surface area contributed by atoms with Gasteiger partial charge in [0.25, 0.3) is 0 Å². The Bertz CT molecular complexity index is 286. The van der Waals surface area contributed by atoms with Crippen LogP contribution in [0.4, 0.5) is 0 Å². The molecule has 1 N–H and O–H groups in total. The van der Waals surface area contributed by atoms with Crippen LogP contribution in [0.1, 0.15) is 26.7 Å². The van der Waals surface area contributed by atoms with Crippen LogP contribution in [0.3, 0.4) is 0 Å². The van der Waals surface area contributed by atoms with Crippen LogP contribution in [0.5, 0.6) is 0 Å². The molecule has 0 bridgehead atoms. The zero-order valence-corrected chi connectivity index (χ0v) is 9.14. The maximum absolute atomic E-state index is 11.6. The van der Waals surface area contributed by atoms with Gasteiger partial charge in [-0.1, -0.05) is 6.92 Å². The molecule has 2 atom stereocenters. The van der Waals surface area contributed by atoms with Crippen molar-refractivity contribution >= 4 is 11.9 Å². The van der Waals surface area contributed by atoms with E-state index >= 15 is 0 Å². The molecule has 2 unspecified atom stereocenters. The molecule has 1 heterocycles. The first-order valence-electron chi connectivity index (χ1n) is 5.22. The smallest absolute Gasteiger partial charge is 0.328 e. The maximum atomic E-state index is 11.6. The molecule has 0 aliphatic carbocycles. The summed E-state index contributed by atoms with van der Waals surface area (Å²) in [6.07, 6.45) is 4.16. The summed E-state index contributed by atoms with van der Waals surface area (Å²) in [5, 5.41) is 8.42. The fourth-order valence-electron chi connectivity index (χ4n) is 1.83. The van der Waals surface area contributed by atoms with Crippen LogP contribution in [0.2, 0.25) is 0 Å². The van der Waals surface area contributed by atoms with E-state index in [4.69, 9.17) is 5.11 Å². The Morgan fingerprint density at radius 1 is 1.27 bits per heavy atom. The van der Waals surface area contributed by atoms with Crippen LogP contribution in [0.15, 0.2) is 12.2 Å². The van der Waals surface area contributed by atoms with E-state index in [0.29, 0.717) is 5.92 Å². The van der Waals surface area contributed by atoms with Crippen molar-refractivity contribution < 1.29 is 14.7 Å². The second-order valence-corrected chi connectivity index (χ2v) is 4.19. The van der Waals surface area contributed by atoms with Gasteiger partial charge in [0, 0.05) is 24.7 Å². The normalized spacial score (nSPS) is 26.9. The average Bonchev–Trinajstić information content (AvgIpc) is 2.18. The number of carboxylic acids is 1. The molecule has 4 nitrogen and oxygen atoms in total. The number of hydrogen-bond acceptors (Lipinski definition) is 2. The Labute approximate surface area is 89.6 Å². The second kappa shape index (κ2) is 4.96. The number of carbonyl (C=O) groups excluding carboxylic acids is 1. The monoisotopic (exact) mass is 211 g/mol. The molecular formula is C11H17NO3. The van der Waals surface area contributed by atoms with Crippen LogP contribution < -0.4 is 0 Å². The molecule has 4 heteroatoms. The molecule has 0 aromatic carbocycles. The van der Waals surface area contributed by atoms with Gasteiger partial charge < -0.3 is 10.0 Å². The van der Waals surface area contributed by atoms with Gasteiger partial charge in [-0.15, -0.1) is 0 Å². The first kappa shape index (κ1) is 11.8. The van der Waals surface area contributed by atoms with Crippen LogP contribution in [0, 0.1) is 5.92 Å². The highest BCUT2D eigenvalue weighted by Crippen LogP contribution is 2.21. The summed E-state index contributed by atoms with van der Waals surface area (Å²) in [6.45, 7) is 4.83. The van der Waals surface area contributed by atoms with Crippen molar-refractivity contribution in [2.75, 3.05) is 6.54 Å². The van der Waals surface area contributed by atoms with E-state index < -0.39 is 5.97 Å². The van der Waals surface area contributed by atoms with Crippen molar-refractivity contribution in [2.45, 2.75) is 32.7 Å². The Balaban J connectivity index is 2.60. The highest BCUT2D eigenvalue weighted by atomic mass is 16.4. The van der Waals surface area contributed by atoms with Crippen LogP contribution in [-0.4, -0.2) is 34.5 Å². The minimum absolute atomic E-state index is 0.198. The molecule has 0 aromatic rings. The number of aliphatic carboxylic acids is 1. The third kappa shape index (κ3) is 3.38. The number of piperidine rings is 1. The molecule has 1 fully saturated rings. The van der Waals surface area contributed by atoms with Crippen molar-refractivity contribution in [1.29, 1.82) is 0 Å². The number of carbonyl (C=O) groups is 2. The molecule has 1 saturated heterocycles. The minimum Gasteiger partial charge on any atom is -0.478 e. The molecule has 1 aliphatic heterocycles. The topological polar surface area (TPSA) is 57.6 Å². The summed E-state index contributed by atoms with van der Waals surface area (Å²) in [5.41, 5.74) is 0. The predicted octanol–water partition coefficient (Wildman–Crippen LogP) is 1.27. The first-order valence-corrected chi connectivity index (χ1v) is 5.22. The molecule has 0 aromatic heterocycles. The van der Waals surface area contributed by atoms with Gasteiger partial charge in [-0.2, -0.15) is 0 Å². The quantitative estimate of drug-likeness (QED) is 0.700. The van der Waals surface area contributed by atoms with E-state index in [0.717, 1.165) is 31.5 Å². The van der Waals surface area contributed by atoms with Gasteiger partial charge in [-0.05, 0) is 25.7 Å². The van der Waals surface area contributed by atoms with Gasteiger partial charge in [0.2, 0.25) is 5.91 Å². The molecule has 0 saturated carbocycles. The van der Waals surface area contributed by atoms with Crippen molar-refractivity contribution in [3.63, 3.8) is 0 Å². The summed E-state index contributed by atoms with van der Waals surface area (Å²) in [4.78, 5) is 23.7. The Morgan fingerprint density at radius 2 is 1.93 bits per heavy atom. The Morgan fingerprint density at radius 3 is 2.53 bits per heavy atom. The SMILES string of the molecule is CC1CCC(C)N(C(=O)/C=C\C(=O)O)C1. The summed E-state index contributed by atoms with van der Waals surface area (Å²) >= 11 is 0.